The minimum atomic E-state index is -0.211. The highest BCUT2D eigenvalue weighted by atomic mass is 19.1. The molecular weight excluding hydrogens is 419 g/mol. The van der Waals surface area contributed by atoms with E-state index in [0.29, 0.717) is 18.2 Å². The molecular formula is C31H31FN2. The fourth-order valence-corrected chi connectivity index (χ4v) is 5.31. The second kappa shape index (κ2) is 8.64. The van der Waals surface area contributed by atoms with Gasteiger partial charge in [0, 0.05) is 42.5 Å². The van der Waals surface area contributed by atoms with Crippen molar-refractivity contribution in [3.8, 4) is 0 Å². The summed E-state index contributed by atoms with van der Waals surface area (Å²) < 4.78 is 15.6. The second-order valence-corrected chi connectivity index (χ2v) is 9.67. The van der Waals surface area contributed by atoms with Crippen LogP contribution < -0.4 is 9.80 Å². The van der Waals surface area contributed by atoms with Gasteiger partial charge in [0.25, 0.3) is 0 Å². The zero-order valence-electron chi connectivity index (χ0n) is 20.1. The quantitative estimate of drug-likeness (QED) is 0.389. The SMILES string of the molecule is C=Cc1c2c(cc(F)c1N1CCC(C)C1)C(=C)C(C(=C)C)=CN2Cc1ccc2ccccc2c1. The highest BCUT2D eigenvalue weighted by Gasteiger charge is 2.31. The molecule has 0 N–H and O–H groups in total. The number of fused-ring (bicyclic) bond motifs is 2. The minimum absolute atomic E-state index is 0.211. The number of hydrogen-bond donors (Lipinski definition) is 0. The molecule has 3 heteroatoms. The van der Waals surface area contributed by atoms with Gasteiger partial charge in [-0.2, -0.15) is 0 Å². The summed E-state index contributed by atoms with van der Waals surface area (Å²) in [6.07, 6.45) is 4.99. The van der Waals surface area contributed by atoms with Crippen molar-refractivity contribution in [2.75, 3.05) is 22.9 Å². The number of benzene rings is 3. The van der Waals surface area contributed by atoms with Gasteiger partial charge in [-0.3, -0.25) is 0 Å². The van der Waals surface area contributed by atoms with E-state index in [9.17, 15) is 0 Å². The Morgan fingerprint density at radius 2 is 1.88 bits per heavy atom. The van der Waals surface area contributed by atoms with Crippen molar-refractivity contribution in [1.82, 2.24) is 0 Å². The van der Waals surface area contributed by atoms with E-state index < -0.39 is 0 Å². The van der Waals surface area contributed by atoms with Gasteiger partial charge in [-0.25, -0.2) is 4.39 Å². The summed E-state index contributed by atoms with van der Waals surface area (Å²) in [5.74, 6) is 0.337. The third-order valence-corrected chi connectivity index (χ3v) is 7.06. The van der Waals surface area contributed by atoms with Crippen molar-refractivity contribution in [3.05, 3.63) is 108 Å². The van der Waals surface area contributed by atoms with Gasteiger partial charge in [0.2, 0.25) is 0 Å². The smallest absolute Gasteiger partial charge is 0.147 e. The number of nitrogens with zero attached hydrogens (tertiary/aromatic N) is 2. The molecule has 0 amide bonds. The van der Waals surface area contributed by atoms with E-state index >= 15 is 4.39 Å². The van der Waals surface area contributed by atoms with Crippen molar-refractivity contribution in [1.29, 1.82) is 0 Å². The van der Waals surface area contributed by atoms with Crippen molar-refractivity contribution in [2.24, 2.45) is 5.92 Å². The molecule has 0 aromatic heterocycles. The van der Waals surface area contributed by atoms with Crippen LogP contribution in [0.4, 0.5) is 15.8 Å². The summed E-state index contributed by atoms with van der Waals surface area (Å²) in [4.78, 5) is 4.39. The predicted octanol–water partition coefficient (Wildman–Crippen LogP) is 7.96. The molecule has 3 aromatic rings. The van der Waals surface area contributed by atoms with E-state index in [0.717, 1.165) is 53.0 Å². The highest BCUT2D eigenvalue weighted by Crippen LogP contribution is 2.46. The molecule has 1 fully saturated rings. The summed E-state index contributed by atoms with van der Waals surface area (Å²) >= 11 is 0. The molecule has 2 aliphatic heterocycles. The Balaban J connectivity index is 1.67. The number of allylic oxidation sites excluding steroid dienone is 3. The van der Waals surface area contributed by atoms with E-state index in [1.165, 1.54) is 16.3 Å². The Kier molecular flexibility index (Phi) is 5.65. The molecule has 0 spiro atoms. The fraction of sp³-hybridized carbons (Fsp3) is 0.226. The van der Waals surface area contributed by atoms with Crippen molar-refractivity contribution in [2.45, 2.75) is 26.8 Å². The second-order valence-electron chi connectivity index (χ2n) is 9.67. The number of hydrogen-bond acceptors (Lipinski definition) is 2. The van der Waals surface area contributed by atoms with E-state index in [2.05, 4.69) is 85.1 Å². The van der Waals surface area contributed by atoms with E-state index in [-0.39, 0.29) is 5.82 Å². The van der Waals surface area contributed by atoms with Crippen LogP contribution in [0.3, 0.4) is 0 Å². The summed E-state index contributed by atoms with van der Waals surface area (Å²) in [5, 5.41) is 2.43. The number of halogens is 1. The van der Waals surface area contributed by atoms with E-state index in [1.807, 2.05) is 6.92 Å². The molecule has 1 atom stereocenters. The van der Waals surface area contributed by atoms with Gasteiger partial charge < -0.3 is 9.80 Å². The average Bonchev–Trinajstić information content (AvgIpc) is 3.25. The average molecular weight is 451 g/mol. The van der Waals surface area contributed by atoms with Crippen LogP contribution in [0.1, 0.15) is 37.0 Å². The zero-order chi connectivity index (χ0) is 24.0. The minimum Gasteiger partial charge on any atom is -0.368 e. The fourth-order valence-electron chi connectivity index (χ4n) is 5.31. The van der Waals surface area contributed by atoms with Crippen molar-refractivity contribution in [3.63, 3.8) is 0 Å². The molecule has 0 saturated carbocycles. The number of rotatable bonds is 5. The third-order valence-electron chi connectivity index (χ3n) is 7.06. The Bertz CT molecular complexity index is 1360. The third kappa shape index (κ3) is 3.75. The molecule has 0 aliphatic carbocycles. The van der Waals surface area contributed by atoms with E-state index in [4.69, 9.17) is 0 Å². The summed E-state index contributed by atoms with van der Waals surface area (Å²) in [6, 6.07) is 16.6. The van der Waals surface area contributed by atoms with Crippen LogP contribution in [-0.2, 0) is 6.54 Å². The molecule has 1 unspecified atom stereocenters. The first kappa shape index (κ1) is 22.2. The summed E-state index contributed by atoms with van der Waals surface area (Å²) in [6.45, 7) is 19.2. The molecule has 0 radical (unpaired) electrons. The van der Waals surface area contributed by atoms with Crippen LogP contribution in [0.25, 0.3) is 22.4 Å². The van der Waals surface area contributed by atoms with Crippen molar-refractivity contribution >= 4 is 33.8 Å². The van der Waals surface area contributed by atoms with Crippen molar-refractivity contribution < 1.29 is 4.39 Å². The van der Waals surface area contributed by atoms with Crippen LogP contribution in [-0.4, -0.2) is 13.1 Å². The molecule has 1 saturated heterocycles. The Hall–Kier alpha value is -3.59. The van der Waals surface area contributed by atoms with Crippen LogP contribution in [0.15, 0.2) is 85.6 Å². The maximum atomic E-state index is 15.6. The van der Waals surface area contributed by atoms with Gasteiger partial charge in [0.15, 0.2) is 0 Å². The van der Waals surface area contributed by atoms with Gasteiger partial charge in [0.1, 0.15) is 5.82 Å². The van der Waals surface area contributed by atoms with Crippen LogP contribution in [0, 0.1) is 11.7 Å². The zero-order valence-corrected chi connectivity index (χ0v) is 20.1. The summed E-state index contributed by atoms with van der Waals surface area (Å²) in [5.41, 5.74) is 7.12. The topological polar surface area (TPSA) is 6.48 Å². The molecule has 2 nitrogen and oxygen atoms in total. The maximum Gasteiger partial charge on any atom is 0.147 e. The van der Waals surface area contributed by atoms with Crippen LogP contribution in [0.2, 0.25) is 0 Å². The predicted molar refractivity (Wildman–Crippen MR) is 145 cm³/mol. The monoisotopic (exact) mass is 450 g/mol. The largest absolute Gasteiger partial charge is 0.368 e. The first-order chi connectivity index (χ1) is 16.4. The van der Waals surface area contributed by atoms with E-state index in [1.54, 1.807) is 12.1 Å². The molecule has 5 rings (SSSR count). The molecule has 2 aliphatic rings. The lowest BCUT2D eigenvalue weighted by atomic mass is 9.88. The normalized spacial score (nSPS) is 17.7. The molecule has 172 valence electrons. The molecule has 34 heavy (non-hydrogen) atoms. The molecule has 3 aromatic carbocycles. The molecule has 2 heterocycles. The van der Waals surface area contributed by atoms with Gasteiger partial charge in [0.05, 0.1) is 11.4 Å². The maximum absolute atomic E-state index is 15.6. The lowest BCUT2D eigenvalue weighted by Gasteiger charge is -2.35. The molecule has 0 bridgehead atoms. The van der Waals surface area contributed by atoms with Gasteiger partial charge >= 0.3 is 0 Å². The first-order valence-electron chi connectivity index (χ1n) is 11.9. The Morgan fingerprint density at radius 3 is 2.56 bits per heavy atom. The van der Waals surface area contributed by atoms with Crippen LogP contribution in [0.5, 0.6) is 0 Å². The van der Waals surface area contributed by atoms with Gasteiger partial charge in [-0.05, 0) is 58.9 Å². The number of anilines is 2. The Labute approximate surface area is 202 Å². The van der Waals surface area contributed by atoms with Gasteiger partial charge in [-0.1, -0.05) is 69.1 Å². The lowest BCUT2D eigenvalue weighted by molar-refractivity contribution is 0.618. The first-order valence-corrected chi connectivity index (χ1v) is 11.9. The lowest BCUT2D eigenvalue weighted by Crippen LogP contribution is -2.26. The summed E-state index contributed by atoms with van der Waals surface area (Å²) in [7, 11) is 0. The Morgan fingerprint density at radius 1 is 1.12 bits per heavy atom. The standard InChI is InChI=1S/C31H31FN2/c1-6-26-30-27(16-29(32)31(26)33-14-13-21(4)17-33)22(5)28(20(2)3)19-34(30)18-23-11-12-24-9-7-8-10-25(24)15-23/h6-12,15-16,19,21H,1-2,5,13-14,17-18H2,3-4H3. The van der Waals surface area contributed by atoms with Crippen LogP contribution >= 0.6 is 0 Å². The van der Waals surface area contributed by atoms with Gasteiger partial charge in [-0.15, -0.1) is 0 Å². The highest BCUT2D eigenvalue weighted by molar-refractivity contribution is 5.97.